The SMILES string of the molecule is CCc1oc(C(=O)NCC2CC=CCC2)cc1C(=O)O. The molecule has 0 fully saturated rings. The summed E-state index contributed by atoms with van der Waals surface area (Å²) in [6.45, 7) is 2.38. The number of carbonyl (C=O) groups is 2. The minimum absolute atomic E-state index is 0.0678. The third-order valence-electron chi connectivity index (χ3n) is 3.51. The van der Waals surface area contributed by atoms with Crippen LogP contribution in [0.3, 0.4) is 0 Å². The second kappa shape index (κ2) is 6.41. The van der Waals surface area contributed by atoms with E-state index in [9.17, 15) is 9.59 Å². The third-order valence-corrected chi connectivity index (χ3v) is 3.51. The largest absolute Gasteiger partial charge is 0.478 e. The maximum Gasteiger partial charge on any atom is 0.339 e. The lowest BCUT2D eigenvalue weighted by Crippen LogP contribution is -2.29. The van der Waals surface area contributed by atoms with Gasteiger partial charge in [0.05, 0.1) is 0 Å². The van der Waals surface area contributed by atoms with Crippen molar-refractivity contribution >= 4 is 11.9 Å². The van der Waals surface area contributed by atoms with Gasteiger partial charge in [-0.2, -0.15) is 0 Å². The highest BCUT2D eigenvalue weighted by Crippen LogP contribution is 2.19. The first-order valence-electron chi connectivity index (χ1n) is 6.91. The summed E-state index contributed by atoms with van der Waals surface area (Å²) >= 11 is 0. The van der Waals surface area contributed by atoms with Crippen molar-refractivity contribution in [3.63, 3.8) is 0 Å². The van der Waals surface area contributed by atoms with E-state index in [-0.39, 0.29) is 17.2 Å². The van der Waals surface area contributed by atoms with E-state index in [4.69, 9.17) is 9.52 Å². The van der Waals surface area contributed by atoms with Gasteiger partial charge in [0.15, 0.2) is 5.76 Å². The zero-order valence-corrected chi connectivity index (χ0v) is 11.5. The highest BCUT2D eigenvalue weighted by atomic mass is 16.4. The van der Waals surface area contributed by atoms with Crippen LogP contribution in [-0.4, -0.2) is 23.5 Å². The molecule has 1 unspecified atom stereocenters. The van der Waals surface area contributed by atoms with Gasteiger partial charge in [0.25, 0.3) is 5.91 Å². The number of amides is 1. The normalized spacial score (nSPS) is 17.9. The molecule has 1 heterocycles. The van der Waals surface area contributed by atoms with E-state index in [1.165, 1.54) is 6.07 Å². The molecule has 5 heteroatoms. The van der Waals surface area contributed by atoms with Crippen LogP contribution in [0.2, 0.25) is 0 Å². The van der Waals surface area contributed by atoms with Crippen LogP contribution in [0.25, 0.3) is 0 Å². The molecule has 0 aliphatic heterocycles. The molecule has 1 atom stereocenters. The average Bonchev–Trinajstić information content (AvgIpc) is 2.90. The van der Waals surface area contributed by atoms with E-state index in [2.05, 4.69) is 17.5 Å². The number of rotatable bonds is 5. The number of hydrogen-bond donors (Lipinski definition) is 2. The predicted octanol–water partition coefficient (Wildman–Crippen LogP) is 2.63. The van der Waals surface area contributed by atoms with Crippen molar-refractivity contribution in [3.8, 4) is 0 Å². The molecule has 0 aromatic carbocycles. The number of nitrogens with one attached hydrogen (secondary N) is 1. The fourth-order valence-corrected chi connectivity index (χ4v) is 2.35. The van der Waals surface area contributed by atoms with Crippen LogP contribution < -0.4 is 5.32 Å². The van der Waals surface area contributed by atoms with Gasteiger partial charge >= 0.3 is 5.97 Å². The molecular weight excluding hydrogens is 258 g/mol. The summed E-state index contributed by atoms with van der Waals surface area (Å²) < 4.78 is 5.32. The van der Waals surface area contributed by atoms with E-state index < -0.39 is 5.97 Å². The molecule has 20 heavy (non-hydrogen) atoms. The van der Waals surface area contributed by atoms with Gasteiger partial charge in [0.1, 0.15) is 11.3 Å². The van der Waals surface area contributed by atoms with Crippen molar-refractivity contribution in [2.45, 2.75) is 32.6 Å². The van der Waals surface area contributed by atoms with Crippen LogP contribution in [0.1, 0.15) is 52.9 Å². The maximum absolute atomic E-state index is 12.0. The molecule has 1 aliphatic rings. The first-order chi connectivity index (χ1) is 9.61. The van der Waals surface area contributed by atoms with Gasteiger partial charge in [-0.05, 0) is 25.2 Å². The molecule has 2 N–H and O–H groups in total. The number of carboxylic acid groups (broad SMARTS) is 1. The van der Waals surface area contributed by atoms with Gasteiger partial charge < -0.3 is 14.8 Å². The third kappa shape index (κ3) is 3.29. The van der Waals surface area contributed by atoms with E-state index in [1.807, 2.05) is 0 Å². The average molecular weight is 277 g/mol. The fourth-order valence-electron chi connectivity index (χ4n) is 2.35. The van der Waals surface area contributed by atoms with Crippen molar-refractivity contribution in [2.24, 2.45) is 5.92 Å². The topological polar surface area (TPSA) is 79.5 Å². The molecule has 0 radical (unpaired) electrons. The molecule has 1 aromatic heterocycles. The zero-order valence-electron chi connectivity index (χ0n) is 11.5. The summed E-state index contributed by atoms with van der Waals surface area (Å²) in [5.74, 6) is -0.554. The Labute approximate surface area is 117 Å². The Kier molecular flexibility index (Phi) is 4.61. The Morgan fingerprint density at radius 3 is 2.80 bits per heavy atom. The lowest BCUT2D eigenvalue weighted by atomic mass is 9.94. The van der Waals surface area contributed by atoms with Crippen LogP contribution in [0, 0.1) is 5.92 Å². The lowest BCUT2D eigenvalue weighted by molar-refractivity contribution is 0.0694. The number of aromatic carboxylic acids is 1. The Bertz CT molecular complexity index is 530. The van der Waals surface area contributed by atoms with E-state index in [0.717, 1.165) is 19.3 Å². The predicted molar refractivity (Wildman–Crippen MR) is 73.9 cm³/mol. The van der Waals surface area contributed by atoms with Crippen molar-refractivity contribution in [2.75, 3.05) is 6.54 Å². The summed E-state index contributed by atoms with van der Waals surface area (Å²) in [6, 6.07) is 1.30. The Balaban J connectivity index is 1.98. The Morgan fingerprint density at radius 1 is 1.45 bits per heavy atom. The first kappa shape index (κ1) is 14.4. The monoisotopic (exact) mass is 277 g/mol. The van der Waals surface area contributed by atoms with E-state index in [0.29, 0.717) is 24.6 Å². The lowest BCUT2D eigenvalue weighted by Gasteiger charge is -2.17. The van der Waals surface area contributed by atoms with Crippen LogP contribution in [-0.2, 0) is 6.42 Å². The van der Waals surface area contributed by atoms with Crippen LogP contribution in [0.4, 0.5) is 0 Å². The Hall–Kier alpha value is -2.04. The Morgan fingerprint density at radius 2 is 2.25 bits per heavy atom. The number of aryl methyl sites for hydroxylation is 1. The fraction of sp³-hybridized carbons (Fsp3) is 0.467. The minimum atomic E-state index is -1.07. The van der Waals surface area contributed by atoms with Gasteiger partial charge in [0.2, 0.25) is 0 Å². The summed E-state index contributed by atoms with van der Waals surface area (Å²) in [5.41, 5.74) is 0.0678. The highest BCUT2D eigenvalue weighted by molar-refractivity contribution is 5.96. The standard InChI is InChI=1S/C15H19NO4/c1-2-12-11(15(18)19)8-13(20-12)14(17)16-9-10-6-4-3-5-7-10/h3-4,8,10H,2,5-7,9H2,1H3,(H,16,17)(H,18,19). The van der Waals surface area contributed by atoms with Gasteiger partial charge in [-0.25, -0.2) is 4.79 Å². The second-order valence-corrected chi connectivity index (χ2v) is 4.97. The molecule has 108 valence electrons. The van der Waals surface area contributed by atoms with Gasteiger partial charge in [-0.15, -0.1) is 0 Å². The van der Waals surface area contributed by atoms with Crippen molar-refractivity contribution in [1.82, 2.24) is 5.32 Å². The van der Waals surface area contributed by atoms with Crippen molar-refractivity contribution in [3.05, 3.63) is 35.3 Å². The summed E-state index contributed by atoms with van der Waals surface area (Å²) in [5, 5.41) is 11.8. The minimum Gasteiger partial charge on any atom is -0.478 e. The molecule has 5 nitrogen and oxygen atoms in total. The van der Waals surface area contributed by atoms with Crippen molar-refractivity contribution < 1.29 is 19.1 Å². The molecule has 0 bridgehead atoms. The smallest absolute Gasteiger partial charge is 0.339 e. The molecule has 0 spiro atoms. The number of hydrogen-bond acceptors (Lipinski definition) is 3. The molecule has 1 amide bonds. The van der Waals surface area contributed by atoms with E-state index in [1.54, 1.807) is 6.92 Å². The quantitative estimate of drug-likeness (QED) is 0.811. The number of allylic oxidation sites excluding steroid dienone is 2. The molecule has 1 aliphatic carbocycles. The second-order valence-electron chi connectivity index (χ2n) is 4.97. The molecule has 2 rings (SSSR count). The summed E-state index contributed by atoms with van der Waals surface area (Å²) in [7, 11) is 0. The molecular formula is C15H19NO4. The first-order valence-corrected chi connectivity index (χ1v) is 6.91. The van der Waals surface area contributed by atoms with Gasteiger partial charge in [-0.3, -0.25) is 4.79 Å². The molecule has 0 saturated carbocycles. The number of carbonyl (C=O) groups excluding carboxylic acids is 1. The van der Waals surface area contributed by atoms with E-state index >= 15 is 0 Å². The van der Waals surface area contributed by atoms with Crippen molar-refractivity contribution in [1.29, 1.82) is 0 Å². The maximum atomic E-state index is 12.0. The molecule has 0 saturated heterocycles. The zero-order chi connectivity index (χ0) is 14.5. The summed E-state index contributed by atoms with van der Waals surface area (Å²) in [6.07, 6.45) is 7.81. The number of carboxylic acids is 1. The van der Waals surface area contributed by atoms with Gasteiger partial charge in [-0.1, -0.05) is 19.1 Å². The van der Waals surface area contributed by atoms with Crippen LogP contribution >= 0.6 is 0 Å². The number of furan rings is 1. The summed E-state index contributed by atoms with van der Waals surface area (Å²) in [4.78, 5) is 23.0. The van der Waals surface area contributed by atoms with Crippen LogP contribution in [0.15, 0.2) is 22.6 Å². The highest BCUT2D eigenvalue weighted by Gasteiger charge is 2.20. The van der Waals surface area contributed by atoms with Gasteiger partial charge in [0, 0.05) is 19.0 Å². The van der Waals surface area contributed by atoms with Crippen LogP contribution in [0.5, 0.6) is 0 Å². The molecule has 1 aromatic rings.